The van der Waals surface area contributed by atoms with Gasteiger partial charge in [0.1, 0.15) is 5.82 Å². The fourth-order valence-electron chi connectivity index (χ4n) is 3.89. The smallest absolute Gasteiger partial charge is 0.306 e. The molecule has 8 heteroatoms. The highest BCUT2D eigenvalue weighted by atomic mass is 16.4. The summed E-state index contributed by atoms with van der Waals surface area (Å²) in [6.45, 7) is 2.75. The summed E-state index contributed by atoms with van der Waals surface area (Å²) in [4.78, 5) is 43.8. The molecule has 0 radical (unpaired) electrons. The molecule has 2 amide bonds. The number of pyridine rings is 1. The Kier molecular flexibility index (Phi) is 6.84. The van der Waals surface area contributed by atoms with Crippen LogP contribution >= 0.6 is 0 Å². The van der Waals surface area contributed by atoms with Gasteiger partial charge in [-0.1, -0.05) is 6.07 Å². The maximum atomic E-state index is 12.4. The van der Waals surface area contributed by atoms with Gasteiger partial charge in [0.25, 0.3) is 0 Å². The van der Waals surface area contributed by atoms with Gasteiger partial charge >= 0.3 is 5.97 Å². The van der Waals surface area contributed by atoms with Crippen LogP contribution in [-0.4, -0.2) is 65.0 Å². The van der Waals surface area contributed by atoms with E-state index in [1.807, 2.05) is 23.1 Å². The van der Waals surface area contributed by atoms with Gasteiger partial charge in [-0.25, -0.2) is 4.98 Å². The average Bonchev–Trinajstić information content (AvgIpc) is 2.73. The summed E-state index contributed by atoms with van der Waals surface area (Å²) >= 11 is 0. The van der Waals surface area contributed by atoms with E-state index < -0.39 is 5.97 Å². The topological polar surface area (TPSA) is 103 Å². The van der Waals surface area contributed by atoms with Crippen LogP contribution in [0.25, 0.3) is 0 Å². The molecule has 2 aliphatic rings. The molecule has 1 aliphatic carbocycles. The molecule has 0 spiro atoms. The minimum Gasteiger partial charge on any atom is -0.481 e. The molecule has 2 heterocycles. The van der Waals surface area contributed by atoms with E-state index in [2.05, 4.69) is 15.2 Å². The second-order valence-electron chi connectivity index (χ2n) is 7.51. The van der Waals surface area contributed by atoms with Crippen molar-refractivity contribution in [3.05, 3.63) is 24.4 Å². The number of aromatic nitrogens is 1. The van der Waals surface area contributed by atoms with E-state index >= 15 is 0 Å². The first-order valence-corrected chi connectivity index (χ1v) is 9.99. The van der Waals surface area contributed by atoms with Gasteiger partial charge in [-0.2, -0.15) is 0 Å². The van der Waals surface area contributed by atoms with Gasteiger partial charge in [-0.15, -0.1) is 0 Å². The van der Waals surface area contributed by atoms with Gasteiger partial charge in [-0.05, 0) is 37.8 Å². The van der Waals surface area contributed by atoms with Crippen LogP contribution in [0.15, 0.2) is 24.4 Å². The fraction of sp³-hybridized carbons (Fsp3) is 0.600. The summed E-state index contributed by atoms with van der Waals surface area (Å²) in [5, 5.41) is 12.0. The second-order valence-corrected chi connectivity index (χ2v) is 7.51. The third-order valence-corrected chi connectivity index (χ3v) is 5.61. The summed E-state index contributed by atoms with van der Waals surface area (Å²) in [5.41, 5.74) is 0. The Balaban J connectivity index is 1.34. The van der Waals surface area contributed by atoms with Crippen molar-refractivity contribution in [2.24, 2.45) is 5.92 Å². The van der Waals surface area contributed by atoms with E-state index in [9.17, 15) is 14.4 Å². The van der Waals surface area contributed by atoms with E-state index in [1.165, 1.54) is 0 Å². The highest BCUT2D eigenvalue weighted by molar-refractivity contribution is 5.84. The fourth-order valence-corrected chi connectivity index (χ4v) is 3.89. The summed E-state index contributed by atoms with van der Waals surface area (Å²) in [5.74, 6) is -0.241. The summed E-state index contributed by atoms with van der Waals surface area (Å²) in [7, 11) is 0. The average molecular weight is 388 g/mol. The van der Waals surface area contributed by atoms with Crippen LogP contribution in [0.2, 0.25) is 0 Å². The molecule has 1 aromatic heterocycles. The van der Waals surface area contributed by atoms with Crippen molar-refractivity contribution in [1.82, 2.24) is 15.2 Å². The quantitative estimate of drug-likeness (QED) is 0.761. The number of piperazine rings is 1. The number of rotatable bonds is 6. The van der Waals surface area contributed by atoms with Crippen molar-refractivity contribution in [2.75, 3.05) is 31.1 Å². The van der Waals surface area contributed by atoms with Crippen LogP contribution in [0.4, 0.5) is 5.82 Å². The van der Waals surface area contributed by atoms with Crippen LogP contribution in [0.5, 0.6) is 0 Å². The van der Waals surface area contributed by atoms with Crippen molar-refractivity contribution >= 4 is 23.6 Å². The highest BCUT2D eigenvalue weighted by Crippen LogP contribution is 2.24. The predicted octanol–water partition coefficient (Wildman–Crippen LogP) is 1.27. The molecule has 152 valence electrons. The molecule has 2 N–H and O–H groups in total. The predicted molar refractivity (Wildman–Crippen MR) is 104 cm³/mol. The SMILES string of the molecule is O=C(CCC(=O)N1CCN(c2ccccn2)CC1)NC1CCC(C(=O)O)CC1. The molecule has 28 heavy (non-hydrogen) atoms. The molecular weight excluding hydrogens is 360 g/mol. The molecule has 1 saturated heterocycles. The van der Waals surface area contributed by atoms with Crippen molar-refractivity contribution in [2.45, 2.75) is 44.6 Å². The lowest BCUT2D eigenvalue weighted by molar-refractivity contribution is -0.143. The number of carbonyl (C=O) groups is 3. The lowest BCUT2D eigenvalue weighted by Crippen LogP contribution is -2.49. The van der Waals surface area contributed by atoms with Crippen LogP contribution in [0.1, 0.15) is 38.5 Å². The van der Waals surface area contributed by atoms with Gasteiger partial charge < -0.3 is 20.2 Å². The molecule has 1 aromatic rings. The summed E-state index contributed by atoms with van der Waals surface area (Å²) in [6.07, 6.45) is 4.72. The number of carboxylic acids is 1. The van der Waals surface area contributed by atoms with Crippen LogP contribution < -0.4 is 10.2 Å². The molecule has 2 fully saturated rings. The van der Waals surface area contributed by atoms with Crippen LogP contribution in [0.3, 0.4) is 0 Å². The highest BCUT2D eigenvalue weighted by Gasteiger charge is 2.27. The number of carboxylic acid groups (broad SMARTS) is 1. The van der Waals surface area contributed by atoms with Gasteiger partial charge in [0, 0.05) is 51.3 Å². The monoisotopic (exact) mass is 388 g/mol. The first-order valence-electron chi connectivity index (χ1n) is 9.99. The zero-order valence-electron chi connectivity index (χ0n) is 16.0. The standard InChI is InChI=1S/C20H28N4O4/c25-18(22-16-6-4-15(5-7-16)20(27)28)8-9-19(26)24-13-11-23(12-14-24)17-3-1-2-10-21-17/h1-3,10,15-16H,4-9,11-14H2,(H,22,25)(H,27,28). The zero-order chi connectivity index (χ0) is 19.9. The lowest BCUT2D eigenvalue weighted by atomic mass is 9.86. The molecule has 0 aromatic carbocycles. The molecule has 1 saturated carbocycles. The molecule has 3 rings (SSSR count). The van der Waals surface area contributed by atoms with Gasteiger partial charge in [-0.3, -0.25) is 14.4 Å². The first kappa shape index (κ1) is 20.1. The number of hydrogen-bond donors (Lipinski definition) is 2. The third kappa shape index (κ3) is 5.43. The maximum Gasteiger partial charge on any atom is 0.306 e. The molecule has 0 unspecified atom stereocenters. The third-order valence-electron chi connectivity index (χ3n) is 5.61. The molecular formula is C20H28N4O4. The second kappa shape index (κ2) is 9.52. The summed E-state index contributed by atoms with van der Waals surface area (Å²) < 4.78 is 0. The van der Waals surface area contributed by atoms with Crippen LogP contribution in [0, 0.1) is 5.92 Å². The van der Waals surface area contributed by atoms with Crippen molar-refractivity contribution < 1.29 is 19.5 Å². The Bertz CT molecular complexity index is 681. The van der Waals surface area contributed by atoms with E-state index in [0.717, 1.165) is 18.9 Å². The van der Waals surface area contributed by atoms with Crippen molar-refractivity contribution in [1.29, 1.82) is 0 Å². The van der Waals surface area contributed by atoms with E-state index in [0.29, 0.717) is 38.8 Å². The minimum atomic E-state index is -0.751. The summed E-state index contributed by atoms with van der Waals surface area (Å²) in [6, 6.07) is 5.82. The first-order chi connectivity index (χ1) is 13.5. The number of nitrogens with one attached hydrogen (secondary N) is 1. The zero-order valence-corrected chi connectivity index (χ0v) is 16.0. The van der Waals surface area contributed by atoms with E-state index in [-0.39, 0.29) is 36.6 Å². The van der Waals surface area contributed by atoms with Crippen LogP contribution in [-0.2, 0) is 14.4 Å². The molecule has 0 atom stereocenters. The Morgan fingerprint density at radius 2 is 1.75 bits per heavy atom. The Morgan fingerprint density at radius 3 is 2.36 bits per heavy atom. The number of nitrogens with zero attached hydrogens (tertiary/aromatic N) is 3. The van der Waals surface area contributed by atoms with E-state index in [4.69, 9.17) is 5.11 Å². The number of amides is 2. The van der Waals surface area contributed by atoms with Crippen molar-refractivity contribution in [3.8, 4) is 0 Å². The van der Waals surface area contributed by atoms with Gasteiger partial charge in [0.2, 0.25) is 11.8 Å². The number of aliphatic carboxylic acids is 1. The minimum absolute atomic E-state index is 0.00501. The lowest BCUT2D eigenvalue weighted by Gasteiger charge is -2.35. The molecule has 1 aliphatic heterocycles. The van der Waals surface area contributed by atoms with Gasteiger partial charge in [0.15, 0.2) is 0 Å². The van der Waals surface area contributed by atoms with E-state index in [1.54, 1.807) is 6.20 Å². The Morgan fingerprint density at radius 1 is 1.04 bits per heavy atom. The number of anilines is 1. The largest absolute Gasteiger partial charge is 0.481 e. The Labute approximate surface area is 164 Å². The Hall–Kier alpha value is -2.64. The number of carbonyl (C=O) groups excluding carboxylic acids is 2. The van der Waals surface area contributed by atoms with Crippen molar-refractivity contribution in [3.63, 3.8) is 0 Å². The molecule has 8 nitrogen and oxygen atoms in total. The van der Waals surface area contributed by atoms with Gasteiger partial charge in [0.05, 0.1) is 5.92 Å². The maximum absolute atomic E-state index is 12.4. The molecule has 0 bridgehead atoms. The normalized spacial score (nSPS) is 22.6. The number of hydrogen-bond acceptors (Lipinski definition) is 5.